The van der Waals surface area contributed by atoms with E-state index in [0.29, 0.717) is 22.7 Å². The van der Waals surface area contributed by atoms with Gasteiger partial charge in [0, 0.05) is 11.1 Å². The molecule has 5 nitrogen and oxygen atoms in total. The number of ether oxygens (including phenoxy) is 1. The summed E-state index contributed by atoms with van der Waals surface area (Å²) in [6.45, 7) is 0. The molecule has 0 spiro atoms. The van der Waals surface area contributed by atoms with E-state index in [-0.39, 0.29) is 11.7 Å². The first-order chi connectivity index (χ1) is 10.7. The molecule has 0 saturated carbocycles. The fraction of sp³-hybridized carbons (Fsp3) is 0.0588. The number of hydrogen-bond acceptors (Lipinski definition) is 4. The number of carbonyl (C=O) groups excluding carboxylic acids is 1. The Balaban J connectivity index is 1.75. The van der Waals surface area contributed by atoms with Crippen molar-refractivity contribution in [1.29, 1.82) is 0 Å². The molecule has 0 aliphatic carbocycles. The molecule has 2 aromatic rings. The standard InChI is InChI=1S/C17H12N2O3/c20-12-7-5-10(6-8-12)15-18-16(21)13-9-11-3-1-2-4-14(11)22-17(13)19-15/h1-9,17,20H,(H,18,19,21). The lowest BCUT2D eigenvalue weighted by Crippen LogP contribution is -2.43. The third-order valence-electron chi connectivity index (χ3n) is 3.62. The van der Waals surface area contributed by atoms with E-state index < -0.39 is 6.23 Å². The van der Waals surface area contributed by atoms with E-state index >= 15 is 0 Å². The first kappa shape index (κ1) is 12.6. The highest BCUT2D eigenvalue weighted by molar-refractivity contribution is 6.16. The molecule has 1 amide bonds. The van der Waals surface area contributed by atoms with Gasteiger partial charge in [-0.3, -0.25) is 4.79 Å². The van der Waals surface area contributed by atoms with Gasteiger partial charge in [0.2, 0.25) is 6.23 Å². The van der Waals surface area contributed by atoms with Crippen molar-refractivity contribution < 1.29 is 14.6 Å². The van der Waals surface area contributed by atoms with Gasteiger partial charge in [-0.2, -0.15) is 0 Å². The van der Waals surface area contributed by atoms with Crippen LogP contribution in [0, 0.1) is 0 Å². The highest BCUT2D eigenvalue weighted by atomic mass is 16.5. The van der Waals surface area contributed by atoms with Crippen LogP contribution in [0.5, 0.6) is 11.5 Å². The molecule has 2 heterocycles. The first-order valence-electron chi connectivity index (χ1n) is 6.86. The van der Waals surface area contributed by atoms with Crippen LogP contribution in [-0.4, -0.2) is 23.1 Å². The van der Waals surface area contributed by atoms with Crippen LogP contribution >= 0.6 is 0 Å². The Bertz CT molecular complexity index is 822. The number of nitrogens with one attached hydrogen (secondary N) is 1. The Hall–Kier alpha value is -3.08. The molecule has 2 aliphatic rings. The van der Waals surface area contributed by atoms with Gasteiger partial charge in [-0.05, 0) is 36.4 Å². The number of amidine groups is 1. The Kier molecular flexibility index (Phi) is 2.72. The lowest BCUT2D eigenvalue weighted by molar-refractivity contribution is -0.117. The third-order valence-corrected chi connectivity index (χ3v) is 3.62. The Morgan fingerprint density at radius 3 is 2.68 bits per heavy atom. The molecule has 0 fully saturated rings. The third kappa shape index (κ3) is 2.03. The van der Waals surface area contributed by atoms with Crippen LogP contribution in [0.15, 0.2) is 59.1 Å². The summed E-state index contributed by atoms with van der Waals surface area (Å²) >= 11 is 0. The molecular weight excluding hydrogens is 280 g/mol. The topological polar surface area (TPSA) is 70.9 Å². The minimum Gasteiger partial charge on any atom is -0.508 e. The maximum Gasteiger partial charge on any atom is 0.258 e. The van der Waals surface area contributed by atoms with Gasteiger partial charge in [-0.15, -0.1) is 0 Å². The van der Waals surface area contributed by atoms with Crippen LogP contribution in [-0.2, 0) is 4.79 Å². The van der Waals surface area contributed by atoms with E-state index in [4.69, 9.17) is 4.74 Å². The second kappa shape index (κ2) is 4.73. The zero-order chi connectivity index (χ0) is 15.1. The molecule has 0 saturated heterocycles. The minimum atomic E-state index is -0.646. The number of phenols is 1. The zero-order valence-corrected chi connectivity index (χ0v) is 11.5. The van der Waals surface area contributed by atoms with Gasteiger partial charge < -0.3 is 15.2 Å². The van der Waals surface area contributed by atoms with Gasteiger partial charge >= 0.3 is 0 Å². The number of benzene rings is 2. The van der Waals surface area contributed by atoms with Crippen LogP contribution in [0.2, 0.25) is 0 Å². The predicted molar refractivity (Wildman–Crippen MR) is 81.6 cm³/mol. The molecular formula is C17H12N2O3. The fourth-order valence-corrected chi connectivity index (χ4v) is 2.50. The van der Waals surface area contributed by atoms with Crippen molar-refractivity contribution in [3.05, 3.63) is 65.2 Å². The number of para-hydroxylation sites is 1. The number of hydrogen-bond donors (Lipinski definition) is 2. The molecule has 0 radical (unpaired) electrons. The Morgan fingerprint density at radius 2 is 1.86 bits per heavy atom. The van der Waals surface area contributed by atoms with Gasteiger partial charge in [-0.25, -0.2) is 4.99 Å². The lowest BCUT2D eigenvalue weighted by atomic mass is 10.0. The SMILES string of the molecule is O=C1NC(c2ccc(O)cc2)=NC2Oc3ccccc3C=C12. The zero-order valence-electron chi connectivity index (χ0n) is 11.5. The number of fused-ring (bicyclic) bond motifs is 2. The number of aromatic hydroxyl groups is 1. The summed E-state index contributed by atoms with van der Waals surface area (Å²) < 4.78 is 5.82. The van der Waals surface area contributed by atoms with Gasteiger partial charge in [-0.1, -0.05) is 18.2 Å². The summed E-state index contributed by atoms with van der Waals surface area (Å²) in [6, 6.07) is 14.0. The molecule has 5 heteroatoms. The molecule has 22 heavy (non-hydrogen) atoms. The van der Waals surface area contributed by atoms with Crippen LogP contribution < -0.4 is 10.1 Å². The van der Waals surface area contributed by atoms with E-state index in [1.165, 1.54) is 0 Å². The van der Waals surface area contributed by atoms with Crippen molar-refractivity contribution in [3.63, 3.8) is 0 Å². The van der Waals surface area contributed by atoms with Gasteiger partial charge in [0.1, 0.15) is 17.3 Å². The van der Waals surface area contributed by atoms with Gasteiger partial charge in [0.05, 0.1) is 5.57 Å². The van der Waals surface area contributed by atoms with E-state index in [0.717, 1.165) is 5.56 Å². The molecule has 2 aromatic carbocycles. The lowest BCUT2D eigenvalue weighted by Gasteiger charge is -2.28. The van der Waals surface area contributed by atoms with Crippen molar-refractivity contribution in [2.45, 2.75) is 6.23 Å². The molecule has 4 rings (SSSR count). The summed E-state index contributed by atoms with van der Waals surface area (Å²) in [6.07, 6.45) is 1.16. The second-order valence-corrected chi connectivity index (χ2v) is 5.09. The molecule has 0 aromatic heterocycles. The minimum absolute atomic E-state index is 0.162. The first-order valence-corrected chi connectivity index (χ1v) is 6.86. The quantitative estimate of drug-likeness (QED) is 0.845. The van der Waals surface area contributed by atoms with Gasteiger partial charge in [0.15, 0.2) is 0 Å². The molecule has 1 unspecified atom stereocenters. The molecule has 1 atom stereocenters. The van der Waals surface area contributed by atoms with Crippen LogP contribution in [0.25, 0.3) is 6.08 Å². The second-order valence-electron chi connectivity index (χ2n) is 5.09. The average molecular weight is 292 g/mol. The number of nitrogens with zero attached hydrogens (tertiary/aromatic N) is 1. The van der Waals surface area contributed by atoms with Crippen molar-refractivity contribution in [2.24, 2.45) is 4.99 Å². The van der Waals surface area contributed by atoms with E-state index in [2.05, 4.69) is 10.3 Å². The maximum absolute atomic E-state index is 12.3. The summed E-state index contributed by atoms with van der Waals surface area (Å²) in [5, 5.41) is 12.1. The summed E-state index contributed by atoms with van der Waals surface area (Å²) in [5.41, 5.74) is 2.07. The number of rotatable bonds is 1. The Morgan fingerprint density at radius 1 is 1.09 bits per heavy atom. The predicted octanol–water partition coefficient (Wildman–Crippen LogP) is 2.07. The maximum atomic E-state index is 12.3. The van der Waals surface area contributed by atoms with Crippen molar-refractivity contribution in [2.75, 3.05) is 0 Å². The number of phenolic OH excluding ortho intramolecular Hbond substituents is 1. The normalized spacial score (nSPS) is 19.1. The largest absolute Gasteiger partial charge is 0.508 e. The average Bonchev–Trinajstić information content (AvgIpc) is 2.54. The summed E-state index contributed by atoms with van der Waals surface area (Å²) in [5.74, 6) is 1.08. The molecule has 2 N–H and O–H groups in total. The van der Waals surface area contributed by atoms with Gasteiger partial charge in [0.25, 0.3) is 5.91 Å². The van der Waals surface area contributed by atoms with E-state index in [1.54, 1.807) is 30.3 Å². The van der Waals surface area contributed by atoms with E-state index in [1.807, 2.05) is 24.3 Å². The van der Waals surface area contributed by atoms with Crippen molar-refractivity contribution in [1.82, 2.24) is 5.32 Å². The number of carbonyl (C=O) groups is 1. The smallest absolute Gasteiger partial charge is 0.258 e. The molecule has 2 aliphatic heterocycles. The molecule has 0 bridgehead atoms. The van der Waals surface area contributed by atoms with Crippen LogP contribution in [0.1, 0.15) is 11.1 Å². The fourth-order valence-electron chi connectivity index (χ4n) is 2.50. The molecule has 108 valence electrons. The van der Waals surface area contributed by atoms with Crippen LogP contribution in [0.4, 0.5) is 0 Å². The number of aliphatic imine (C=N–C) groups is 1. The number of amides is 1. The summed E-state index contributed by atoms with van der Waals surface area (Å²) in [4.78, 5) is 16.8. The highest BCUT2D eigenvalue weighted by Crippen LogP contribution is 2.31. The van der Waals surface area contributed by atoms with E-state index in [9.17, 15) is 9.90 Å². The van der Waals surface area contributed by atoms with Crippen molar-refractivity contribution in [3.8, 4) is 11.5 Å². The van der Waals surface area contributed by atoms with Crippen molar-refractivity contribution >= 4 is 17.8 Å². The summed E-state index contributed by atoms with van der Waals surface area (Å²) in [7, 11) is 0. The Labute approximate surface area is 126 Å². The van der Waals surface area contributed by atoms with Crippen LogP contribution in [0.3, 0.4) is 0 Å². The highest BCUT2D eigenvalue weighted by Gasteiger charge is 2.32. The monoisotopic (exact) mass is 292 g/mol.